The van der Waals surface area contributed by atoms with Crippen molar-refractivity contribution >= 4 is 20.3 Å². The third kappa shape index (κ3) is 4.41. The topological polar surface area (TPSA) is 23.8 Å². The highest BCUT2D eigenvalue weighted by atomic mass is 33.1. The molecule has 0 spiro atoms. The van der Waals surface area contributed by atoms with Gasteiger partial charge in [-0.3, -0.25) is 0 Å². The van der Waals surface area contributed by atoms with Gasteiger partial charge < -0.3 is 0 Å². The molecule has 0 saturated carbocycles. The van der Waals surface area contributed by atoms with Gasteiger partial charge in [0.2, 0.25) is 0 Å². The summed E-state index contributed by atoms with van der Waals surface area (Å²) in [7, 11) is 0.818. The Hall–Kier alpha value is 0.410. The largest absolute Gasteiger partial charge is 0.223 e. The van der Waals surface area contributed by atoms with Crippen molar-refractivity contribution in [3.63, 3.8) is 0 Å². The Morgan fingerprint density at radius 2 is 2.00 bits per heavy atom. The van der Waals surface area contributed by atoms with E-state index in [0.29, 0.717) is 0 Å². The normalized spacial score (nSPS) is 14.6. The van der Waals surface area contributed by atoms with E-state index in [1.165, 1.54) is 10.8 Å². The molecule has 0 aliphatic heterocycles. The van der Waals surface area contributed by atoms with Crippen LogP contribution in [0.1, 0.15) is 0 Å². The van der Waals surface area contributed by atoms with Crippen molar-refractivity contribution in [1.29, 1.82) is 4.61 Å². The highest BCUT2D eigenvalue weighted by molar-refractivity contribution is 8.78. The Morgan fingerprint density at radius 1 is 1.80 bits per heavy atom. The molecule has 0 aromatic rings. The summed E-state index contributed by atoms with van der Waals surface area (Å²) in [6, 6.07) is 0. The van der Waals surface area contributed by atoms with Gasteiger partial charge in [-0.25, -0.2) is 4.61 Å². The minimum absolute atomic E-state index is 0.682. The number of hydrogen-bond donors (Lipinski definition) is 1. The lowest BCUT2D eigenvalue weighted by Gasteiger charge is -1.74. The molecule has 32 valence electrons. The van der Waals surface area contributed by atoms with Crippen LogP contribution < -0.4 is 0 Å². The lowest BCUT2D eigenvalue weighted by Crippen LogP contribution is -1.35. The van der Waals surface area contributed by atoms with Gasteiger partial charge in [-0.1, -0.05) is 10.8 Å². The Bertz CT molecular complexity index is 69.5. The molecule has 0 aliphatic rings. The smallest absolute Gasteiger partial charge is 0.00284 e. The van der Waals surface area contributed by atoms with Gasteiger partial charge in [-0.2, -0.15) is 0 Å². The second-order valence-corrected chi connectivity index (χ2v) is 4.62. The fraction of sp³-hybridized carbons (Fsp3) is 1.00. The van der Waals surface area contributed by atoms with Crippen molar-refractivity contribution in [3.8, 4) is 0 Å². The van der Waals surface area contributed by atoms with Gasteiger partial charge in [0.15, 0.2) is 0 Å². The van der Waals surface area contributed by atoms with E-state index in [1.807, 2.05) is 6.26 Å². The average molecular weight is 109 g/mol. The maximum Gasteiger partial charge on any atom is 0.00284 e. The van der Waals surface area contributed by atoms with E-state index < -0.39 is 9.56 Å². The van der Waals surface area contributed by atoms with E-state index in [4.69, 9.17) is 4.61 Å². The number of hydrogen-bond acceptors (Lipinski definition) is 2. The van der Waals surface area contributed by atoms with Crippen LogP contribution in [0, 0.1) is 4.61 Å². The molecule has 0 saturated heterocycles. The SMILES string of the molecule is CS[SH](C)#N. The summed E-state index contributed by atoms with van der Waals surface area (Å²) in [6.07, 6.45) is 3.70. The van der Waals surface area contributed by atoms with Crippen molar-refractivity contribution in [2.45, 2.75) is 0 Å². The first-order chi connectivity index (χ1) is 2.27. The summed E-state index contributed by atoms with van der Waals surface area (Å²) in [5.41, 5.74) is 0. The van der Waals surface area contributed by atoms with Crippen LogP contribution in [0.2, 0.25) is 0 Å². The van der Waals surface area contributed by atoms with Crippen LogP contribution >= 0.6 is 20.3 Å². The van der Waals surface area contributed by atoms with Crippen LogP contribution in [0.25, 0.3) is 0 Å². The number of nitrogens with zero attached hydrogens (tertiary/aromatic N) is 1. The quantitative estimate of drug-likeness (QED) is 0.375. The van der Waals surface area contributed by atoms with Crippen LogP contribution in [0.3, 0.4) is 0 Å². The standard InChI is InChI=1S/C2H7NS2/c1-4-5(2)3/h5H,1-2H3. The molecule has 1 nitrogen and oxygen atoms in total. The number of rotatable bonds is 0. The molecular weight excluding hydrogens is 102 g/mol. The maximum atomic E-state index is 8.39. The molecule has 0 bridgehead atoms. The fourth-order valence-corrected chi connectivity index (χ4v) is 0. The van der Waals surface area contributed by atoms with Crippen LogP contribution in [-0.4, -0.2) is 12.5 Å². The first kappa shape index (κ1) is 5.41. The third-order valence-corrected chi connectivity index (χ3v) is 2.38. The second kappa shape index (κ2) is 2.64. The lowest BCUT2D eigenvalue weighted by molar-refractivity contribution is 1.66. The van der Waals surface area contributed by atoms with E-state index in [2.05, 4.69) is 0 Å². The molecule has 0 fully saturated rings. The summed E-state index contributed by atoms with van der Waals surface area (Å²) in [5, 5.41) is 0. The van der Waals surface area contributed by atoms with Gasteiger partial charge in [-0.05, 0) is 15.8 Å². The second-order valence-electron chi connectivity index (χ2n) is 0.647. The maximum absolute atomic E-state index is 8.39. The molecule has 0 aromatic carbocycles. The van der Waals surface area contributed by atoms with Crippen molar-refractivity contribution in [2.24, 2.45) is 0 Å². The minimum Gasteiger partial charge on any atom is -0.223 e. The third-order valence-electron chi connectivity index (χ3n) is 0.264. The summed E-state index contributed by atoms with van der Waals surface area (Å²) in [6.45, 7) is 0. The predicted octanol–water partition coefficient (Wildman–Crippen LogP) is 1.37. The zero-order valence-corrected chi connectivity index (χ0v) is 5.01. The average Bonchev–Trinajstić information content (AvgIpc) is 1.38. The Balaban J connectivity index is 2.97. The molecular formula is C2H7NS2. The van der Waals surface area contributed by atoms with Crippen molar-refractivity contribution in [2.75, 3.05) is 12.5 Å². The predicted molar refractivity (Wildman–Crippen MR) is 30.1 cm³/mol. The van der Waals surface area contributed by atoms with Gasteiger partial charge in [-0.15, -0.1) is 0 Å². The molecule has 5 heavy (non-hydrogen) atoms. The van der Waals surface area contributed by atoms with E-state index >= 15 is 0 Å². The van der Waals surface area contributed by atoms with Crippen molar-refractivity contribution in [3.05, 3.63) is 0 Å². The lowest BCUT2D eigenvalue weighted by atomic mass is 12.0. The number of thiol groups is 1. The molecule has 0 aliphatic carbocycles. The molecule has 0 aromatic heterocycles. The van der Waals surface area contributed by atoms with E-state index in [1.54, 1.807) is 6.26 Å². The summed E-state index contributed by atoms with van der Waals surface area (Å²) in [5.74, 6) is 0. The van der Waals surface area contributed by atoms with Crippen LogP contribution in [0.15, 0.2) is 0 Å². The Morgan fingerprint density at radius 3 is 2.00 bits per heavy atom. The zero-order valence-electron chi connectivity index (χ0n) is 3.30. The van der Waals surface area contributed by atoms with E-state index in [9.17, 15) is 0 Å². The van der Waals surface area contributed by atoms with Crippen molar-refractivity contribution in [1.82, 2.24) is 0 Å². The highest BCUT2D eigenvalue weighted by Gasteiger charge is 1.65. The summed E-state index contributed by atoms with van der Waals surface area (Å²) in [4.78, 5) is 0. The van der Waals surface area contributed by atoms with E-state index in [0.717, 1.165) is 0 Å². The molecule has 0 heterocycles. The molecule has 0 radical (unpaired) electrons. The van der Waals surface area contributed by atoms with Gasteiger partial charge >= 0.3 is 0 Å². The molecule has 1 atom stereocenters. The Labute approximate surface area is 38.1 Å². The minimum atomic E-state index is -0.682. The highest BCUT2D eigenvalue weighted by Crippen LogP contribution is 2.15. The monoisotopic (exact) mass is 109 g/mol. The molecule has 3 heteroatoms. The van der Waals surface area contributed by atoms with Gasteiger partial charge in [0, 0.05) is 6.26 Å². The Kier molecular flexibility index (Phi) is 2.85. The molecule has 0 rings (SSSR count). The zero-order chi connectivity index (χ0) is 4.28. The van der Waals surface area contributed by atoms with Crippen LogP contribution in [0.5, 0.6) is 0 Å². The van der Waals surface area contributed by atoms with Crippen LogP contribution in [-0.2, 0) is 0 Å². The fourth-order valence-electron chi connectivity index (χ4n) is 0. The molecule has 0 amide bonds. The van der Waals surface area contributed by atoms with Gasteiger partial charge in [0.1, 0.15) is 0 Å². The van der Waals surface area contributed by atoms with E-state index in [-0.39, 0.29) is 0 Å². The first-order valence-electron chi connectivity index (χ1n) is 1.24. The van der Waals surface area contributed by atoms with Gasteiger partial charge in [0.25, 0.3) is 0 Å². The summed E-state index contributed by atoms with van der Waals surface area (Å²) < 4.78 is 8.39. The molecule has 0 N–H and O–H groups in total. The van der Waals surface area contributed by atoms with Gasteiger partial charge in [0.05, 0.1) is 0 Å². The molecule has 1 unspecified atom stereocenters. The summed E-state index contributed by atoms with van der Waals surface area (Å²) >= 11 is 0. The first-order valence-corrected chi connectivity index (χ1v) is 4.81. The van der Waals surface area contributed by atoms with Crippen LogP contribution in [0.4, 0.5) is 0 Å². The van der Waals surface area contributed by atoms with Crippen molar-refractivity contribution < 1.29 is 0 Å².